The fourth-order valence-corrected chi connectivity index (χ4v) is 5.36. The highest BCUT2D eigenvalue weighted by Gasteiger charge is 2.44. The van der Waals surface area contributed by atoms with Crippen molar-refractivity contribution in [3.63, 3.8) is 0 Å². The van der Waals surface area contributed by atoms with Crippen LogP contribution in [-0.4, -0.2) is 82.0 Å². The summed E-state index contributed by atoms with van der Waals surface area (Å²) in [6, 6.07) is -1.47. The van der Waals surface area contributed by atoms with Crippen molar-refractivity contribution in [2.75, 3.05) is 26.4 Å². The highest BCUT2D eigenvalue weighted by molar-refractivity contribution is 8.00. The summed E-state index contributed by atoms with van der Waals surface area (Å²) in [5, 5.41) is 12.3. The molecule has 2 N–H and O–H groups in total. The number of carbonyl (C=O) groups is 3. The van der Waals surface area contributed by atoms with Crippen molar-refractivity contribution < 1.29 is 19.5 Å². The van der Waals surface area contributed by atoms with Crippen LogP contribution in [0.2, 0.25) is 0 Å². The molecular weight excluding hydrogens is 414 g/mol. The van der Waals surface area contributed by atoms with E-state index in [0.29, 0.717) is 0 Å². The van der Waals surface area contributed by atoms with E-state index in [1.807, 2.05) is 41.7 Å². The number of likely N-dealkylation sites (N-methyl/N-ethyl adjacent to an activating group) is 2. The Morgan fingerprint density at radius 3 is 2.23 bits per heavy atom. The van der Waals surface area contributed by atoms with Crippen LogP contribution in [0, 0.1) is 11.3 Å². The van der Waals surface area contributed by atoms with Crippen LogP contribution >= 0.6 is 11.8 Å². The van der Waals surface area contributed by atoms with Crippen molar-refractivity contribution in [2.24, 2.45) is 11.3 Å². The summed E-state index contributed by atoms with van der Waals surface area (Å²) in [5.74, 6) is -0.410. The first kappa shape index (κ1) is 27.5. The average Bonchev–Trinajstić information content (AvgIpc) is 2.60. The molecule has 0 bridgehead atoms. The molecule has 0 aromatic carbocycles. The Labute approximate surface area is 192 Å². The zero-order chi connectivity index (χ0) is 24.3. The number of carboxylic acid groups (broad SMARTS) is 1. The normalized spacial score (nSPS) is 22.0. The average molecular weight is 456 g/mol. The first-order valence-corrected chi connectivity index (χ1v) is 11.8. The van der Waals surface area contributed by atoms with Gasteiger partial charge in [-0.25, -0.2) is 4.79 Å². The number of nitrogens with one attached hydrogen (secondary N) is 1. The van der Waals surface area contributed by atoms with Gasteiger partial charge in [0, 0.05) is 29.7 Å². The van der Waals surface area contributed by atoms with Crippen molar-refractivity contribution >= 4 is 29.5 Å². The number of hydrogen-bond donors (Lipinski definition) is 2. The lowest BCUT2D eigenvalue weighted by atomic mass is 9.84. The Balaban J connectivity index is 3.21. The molecule has 31 heavy (non-hydrogen) atoms. The lowest BCUT2D eigenvalue weighted by Crippen LogP contribution is -2.63. The standard InChI is InChI=1S/C23H41N3O4S/c1-14(2)16(13-15(3)21(29)30)26(10)20(28)17(22(4,5)6)24-19(27)18-23(7,8)31-12-11-25(18)9/h13-14,16-18H,11-12H2,1-10H3,(H,24,27)(H,29,30)/b15-13+/t16?,17?,18-/m0/s1. The summed E-state index contributed by atoms with van der Waals surface area (Å²) in [6.45, 7) is 16.1. The van der Waals surface area contributed by atoms with Gasteiger partial charge in [-0.2, -0.15) is 11.8 Å². The molecule has 1 heterocycles. The monoisotopic (exact) mass is 455 g/mol. The minimum atomic E-state index is -1.01. The number of aliphatic carboxylic acids is 1. The van der Waals surface area contributed by atoms with Gasteiger partial charge in [0.1, 0.15) is 12.1 Å². The van der Waals surface area contributed by atoms with E-state index >= 15 is 0 Å². The molecule has 1 saturated heterocycles. The van der Waals surface area contributed by atoms with Gasteiger partial charge in [0.2, 0.25) is 11.8 Å². The van der Waals surface area contributed by atoms with Crippen LogP contribution < -0.4 is 5.32 Å². The highest BCUT2D eigenvalue weighted by atomic mass is 32.2. The van der Waals surface area contributed by atoms with E-state index < -0.39 is 23.5 Å². The second kappa shape index (κ2) is 10.4. The van der Waals surface area contributed by atoms with Crippen LogP contribution in [0.1, 0.15) is 55.4 Å². The Morgan fingerprint density at radius 1 is 1.26 bits per heavy atom. The third kappa shape index (κ3) is 6.97. The smallest absolute Gasteiger partial charge is 0.331 e. The largest absolute Gasteiger partial charge is 0.478 e. The van der Waals surface area contributed by atoms with Crippen LogP contribution in [0.25, 0.3) is 0 Å². The third-order valence-electron chi connectivity index (χ3n) is 5.90. The Kier molecular flexibility index (Phi) is 9.21. The second-order valence-corrected chi connectivity index (χ2v) is 12.2. The van der Waals surface area contributed by atoms with Crippen molar-refractivity contribution in [1.82, 2.24) is 15.1 Å². The van der Waals surface area contributed by atoms with Crippen molar-refractivity contribution in [3.8, 4) is 0 Å². The van der Waals surface area contributed by atoms with Gasteiger partial charge < -0.3 is 15.3 Å². The number of nitrogens with zero attached hydrogens (tertiary/aromatic N) is 2. The van der Waals surface area contributed by atoms with Gasteiger partial charge in [0.15, 0.2) is 0 Å². The molecule has 1 aliphatic rings. The molecule has 0 aromatic heterocycles. The van der Waals surface area contributed by atoms with E-state index in [1.165, 1.54) is 6.92 Å². The van der Waals surface area contributed by atoms with Gasteiger partial charge in [-0.3, -0.25) is 14.5 Å². The quantitative estimate of drug-likeness (QED) is 0.574. The summed E-state index contributed by atoms with van der Waals surface area (Å²) in [5.41, 5.74) is -0.323. The van der Waals surface area contributed by atoms with Crippen LogP contribution in [0.3, 0.4) is 0 Å². The Morgan fingerprint density at radius 2 is 1.81 bits per heavy atom. The summed E-state index contributed by atoms with van der Waals surface area (Å²) < 4.78 is -0.268. The minimum absolute atomic E-state index is 0.0133. The molecule has 0 aliphatic carbocycles. The van der Waals surface area contributed by atoms with Gasteiger partial charge >= 0.3 is 5.97 Å². The maximum absolute atomic E-state index is 13.6. The van der Waals surface area contributed by atoms with E-state index in [4.69, 9.17) is 0 Å². The molecule has 0 aromatic rings. The molecule has 1 aliphatic heterocycles. The summed E-state index contributed by atoms with van der Waals surface area (Å²) in [7, 11) is 3.62. The molecule has 7 nitrogen and oxygen atoms in total. The predicted octanol–water partition coefficient (Wildman–Crippen LogP) is 2.86. The molecule has 0 spiro atoms. The molecule has 0 radical (unpaired) electrons. The summed E-state index contributed by atoms with van der Waals surface area (Å²) in [6.07, 6.45) is 1.61. The molecule has 2 unspecified atom stereocenters. The topological polar surface area (TPSA) is 90.0 Å². The predicted molar refractivity (Wildman–Crippen MR) is 127 cm³/mol. The first-order chi connectivity index (χ1) is 14.0. The van der Waals surface area contributed by atoms with E-state index in [0.717, 1.165) is 12.3 Å². The molecule has 0 saturated carbocycles. The van der Waals surface area contributed by atoms with Gasteiger partial charge in [-0.05, 0) is 39.2 Å². The van der Waals surface area contributed by atoms with Crippen LogP contribution in [0.15, 0.2) is 11.6 Å². The van der Waals surface area contributed by atoms with Crippen LogP contribution in [-0.2, 0) is 14.4 Å². The summed E-state index contributed by atoms with van der Waals surface area (Å²) >= 11 is 1.77. The zero-order valence-electron chi connectivity index (χ0n) is 20.8. The van der Waals surface area contributed by atoms with Gasteiger partial charge in [-0.1, -0.05) is 40.7 Å². The second-order valence-electron chi connectivity index (χ2n) is 10.5. The molecule has 2 amide bonds. The maximum Gasteiger partial charge on any atom is 0.331 e. The highest BCUT2D eigenvalue weighted by Crippen LogP contribution is 2.35. The number of hydrogen-bond acceptors (Lipinski definition) is 5. The molecule has 1 rings (SSSR count). The van der Waals surface area contributed by atoms with E-state index in [1.54, 1.807) is 29.8 Å². The number of amides is 2. The SMILES string of the molecule is C/C(=C\C(C(C)C)N(C)C(=O)C(NC(=O)[C@@H]1N(C)CCSC1(C)C)C(C)(C)C)C(=O)O. The van der Waals surface area contributed by atoms with Gasteiger partial charge in [0.05, 0.1) is 6.04 Å². The third-order valence-corrected chi connectivity index (χ3v) is 7.26. The number of rotatable bonds is 7. The van der Waals surface area contributed by atoms with E-state index in [-0.39, 0.29) is 34.1 Å². The lowest BCUT2D eigenvalue weighted by Gasteiger charge is -2.44. The zero-order valence-corrected chi connectivity index (χ0v) is 21.6. The fraction of sp³-hybridized carbons (Fsp3) is 0.783. The van der Waals surface area contributed by atoms with Gasteiger partial charge in [-0.15, -0.1) is 0 Å². The number of carbonyl (C=O) groups excluding carboxylic acids is 2. The number of thioether (sulfide) groups is 1. The Hall–Kier alpha value is -1.54. The minimum Gasteiger partial charge on any atom is -0.478 e. The molecular formula is C23H41N3O4S. The fourth-order valence-electron chi connectivity index (χ4n) is 4.01. The molecule has 178 valence electrons. The van der Waals surface area contributed by atoms with E-state index in [2.05, 4.69) is 24.1 Å². The van der Waals surface area contributed by atoms with Crippen molar-refractivity contribution in [2.45, 2.75) is 78.3 Å². The van der Waals surface area contributed by atoms with Crippen molar-refractivity contribution in [3.05, 3.63) is 11.6 Å². The van der Waals surface area contributed by atoms with Gasteiger partial charge in [0.25, 0.3) is 0 Å². The lowest BCUT2D eigenvalue weighted by molar-refractivity contribution is -0.141. The number of carboxylic acids is 1. The Bertz CT molecular complexity index is 712. The van der Waals surface area contributed by atoms with Crippen LogP contribution in [0.4, 0.5) is 0 Å². The maximum atomic E-state index is 13.6. The molecule has 8 heteroatoms. The molecule has 1 fully saturated rings. The molecule has 3 atom stereocenters. The first-order valence-electron chi connectivity index (χ1n) is 10.8. The summed E-state index contributed by atoms with van der Waals surface area (Å²) in [4.78, 5) is 41.9. The van der Waals surface area contributed by atoms with E-state index in [9.17, 15) is 19.5 Å². The van der Waals surface area contributed by atoms with Crippen LogP contribution in [0.5, 0.6) is 0 Å². The van der Waals surface area contributed by atoms with Crippen molar-refractivity contribution in [1.29, 1.82) is 0 Å².